The van der Waals surface area contributed by atoms with Gasteiger partial charge in [0.2, 0.25) is 0 Å². The molecular weight excluding hydrogens is 320 g/mol. The van der Waals surface area contributed by atoms with Crippen LogP contribution < -0.4 is 5.73 Å². The number of oxime groups is 1. The number of nitrogens with zero attached hydrogens (tertiary/aromatic N) is 3. The molecule has 0 radical (unpaired) electrons. The Hall–Kier alpha value is -3.04. The summed E-state index contributed by atoms with van der Waals surface area (Å²) >= 11 is 0. The van der Waals surface area contributed by atoms with Crippen molar-refractivity contribution in [2.24, 2.45) is 10.9 Å². The maximum atomic E-state index is 11.5. The summed E-state index contributed by atoms with van der Waals surface area (Å²) in [4.78, 5) is 41.1. The van der Waals surface area contributed by atoms with Crippen LogP contribution in [0.25, 0.3) is 0 Å². The van der Waals surface area contributed by atoms with Gasteiger partial charge < -0.3 is 15.3 Å². The van der Waals surface area contributed by atoms with E-state index in [2.05, 4.69) is 15.0 Å². The van der Waals surface area contributed by atoms with Crippen LogP contribution in [0.1, 0.15) is 37.4 Å². The summed E-state index contributed by atoms with van der Waals surface area (Å²) in [6.45, 7) is 3.54. The van der Waals surface area contributed by atoms with Crippen molar-refractivity contribution in [3.05, 3.63) is 33.6 Å². The number of ether oxygens (including phenoxy) is 1. The SMILES string of the molecule is CCOC(=O)CCCC(=O)O/N=C(\N)c1ncc([N+](=O)[O-])cc1C. The first kappa shape index (κ1) is 19.0. The van der Waals surface area contributed by atoms with Crippen molar-refractivity contribution in [2.75, 3.05) is 6.61 Å². The summed E-state index contributed by atoms with van der Waals surface area (Å²) in [5, 5.41) is 14.1. The van der Waals surface area contributed by atoms with E-state index in [1.165, 1.54) is 6.07 Å². The van der Waals surface area contributed by atoms with Crippen molar-refractivity contribution in [3.63, 3.8) is 0 Å². The summed E-state index contributed by atoms with van der Waals surface area (Å²) in [6, 6.07) is 1.28. The highest BCUT2D eigenvalue weighted by Gasteiger charge is 2.13. The van der Waals surface area contributed by atoms with Crippen LogP contribution in [0.4, 0.5) is 5.69 Å². The Morgan fingerprint density at radius 1 is 1.38 bits per heavy atom. The Morgan fingerprint density at radius 3 is 2.62 bits per heavy atom. The lowest BCUT2D eigenvalue weighted by molar-refractivity contribution is -0.385. The Labute approximate surface area is 137 Å². The fourth-order valence-electron chi connectivity index (χ4n) is 1.73. The molecular formula is C14H18N4O6. The van der Waals surface area contributed by atoms with Gasteiger partial charge in [-0.1, -0.05) is 5.16 Å². The largest absolute Gasteiger partial charge is 0.466 e. The molecule has 0 saturated carbocycles. The van der Waals surface area contributed by atoms with E-state index in [0.29, 0.717) is 5.56 Å². The molecule has 1 heterocycles. The number of aryl methyl sites for hydroxylation is 1. The number of esters is 1. The lowest BCUT2D eigenvalue weighted by Gasteiger charge is -2.04. The second-order valence-corrected chi connectivity index (χ2v) is 4.71. The van der Waals surface area contributed by atoms with Crippen molar-refractivity contribution in [3.8, 4) is 0 Å². The summed E-state index contributed by atoms with van der Waals surface area (Å²) in [7, 11) is 0. The highest BCUT2D eigenvalue weighted by atomic mass is 16.7. The molecule has 24 heavy (non-hydrogen) atoms. The lowest BCUT2D eigenvalue weighted by Crippen LogP contribution is -2.18. The molecule has 0 aromatic carbocycles. The number of hydrogen-bond donors (Lipinski definition) is 1. The van der Waals surface area contributed by atoms with Crippen LogP contribution in [0.3, 0.4) is 0 Å². The maximum Gasteiger partial charge on any atom is 0.335 e. The lowest BCUT2D eigenvalue weighted by atomic mass is 10.2. The van der Waals surface area contributed by atoms with Crippen molar-refractivity contribution in [1.82, 2.24) is 4.98 Å². The normalized spacial score (nSPS) is 11.0. The number of carbonyl (C=O) groups is 2. The minimum atomic E-state index is -0.665. The fraction of sp³-hybridized carbons (Fsp3) is 0.429. The van der Waals surface area contributed by atoms with Crippen molar-refractivity contribution < 1.29 is 24.1 Å². The molecule has 10 heteroatoms. The smallest absolute Gasteiger partial charge is 0.335 e. The van der Waals surface area contributed by atoms with Crippen LogP contribution in [0, 0.1) is 17.0 Å². The van der Waals surface area contributed by atoms with Gasteiger partial charge in [0.25, 0.3) is 5.69 Å². The molecule has 0 spiro atoms. The number of rotatable bonds is 8. The number of hydrogen-bond acceptors (Lipinski definition) is 8. The number of aromatic nitrogens is 1. The summed E-state index contributed by atoms with van der Waals surface area (Å²) in [6.07, 6.45) is 1.38. The number of nitrogens with two attached hydrogens (primary N) is 1. The molecule has 0 aliphatic carbocycles. The predicted molar refractivity (Wildman–Crippen MR) is 82.9 cm³/mol. The van der Waals surface area contributed by atoms with Gasteiger partial charge in [-0.15, -0.1) is 0 Å². The molecule has 0 unspecified atom stereocenters. The van der Waals surface area contributed by atoms with Gasteiger partial charge in [0.05, 0.1) is 11.5 Å². The average molecular weight is 338 g/mol. The molecule has 130 valence electrons. The van der Waals surface area contributed by atoms with Gasteiger partial charge in [-0.3, -0.25) is 14.9 Å². The number of carbonyl (C=O) groups excluding carboxylic acids is 2. The Balaban J connectivity index is 2.56. The van der Waals surface area contributed by atoms with Gasteiger partial charge in [0, 0.05) is 18.9 Å². The van der Waals surface area contributed by atoms with E-state index in [4.69, 9.17) is 10.5 Å². The van der Waals surface area contributed by atoms with E-state index in [9.17, 15) is 19.7 Å². The third-order valence-corrected chi connectivity index (χ3v) is 2.83. The van der Waals surface area contributed by atoms with E-state index in [-0.39, 0.29) is 49.1 Å². The molecule has 0 aliphatic rings. The predicted octanol–water partition coefficient (Wildman–Crippen LogP) is 1.20. The summed E-state index contributed by atoms with van der Waals surface area (Å²) < 4.78 is 4.72. The van der Waals surface area contributed by atoms with E-state index >= 15 is 0 Å². The fourth-order valence-corrected chi connectivity index (χ4v) is 1.73. The van der Waals surface area contributed by atoms with Gasteiger partial charge >= 0.3 is 11.9 Å². The van der Waals surface area contributed by atoms with E-state index in [1.807, 2.05) is 0 Å². The van der Waals surface area contributed by atoms with E-state index in [1.54, 1.807) is 13.8 Å². The first-order chi connectivity index (χ1) is 11.3. The highest BCUT2D eigenvalue weighted by molar-refractivity contribution is 5.97. The zero-order valence-corrected chi connectivity index (χ0v) is 13.4. The zero-order valence-electron chi connectivity index (χ0n) is 13.4. The Bertz CT molecular complexity index is 659. The zero-order chi connectivity index (χ0) is 18.1. The molecule has 0 bridgehead atoms. The number of amidine groups is 1. The topological polar surface area (TPSA) is 147 Å². The second kappa shape index (κ2) is 9.18. The van der Waals surface area contributed by atoms with Gasteiger partial charge in [-0.05, 0) is 25.8 Å². The molecule has 0 amide bonds. The molecule has 0 saturated heterocycles. The van der Waals surface area contributed by atoms with Crippen molar-refractivity contribution >= 4 is 23.5 Å². The third kappa shape index (κ3) is 5.99. The number of pyridine rings is 1. The summed E-state index contributed by atoms with van der Waals surface area (Å²) in [5.41, 5.74) is 6.07. The quantitative estimate of drug-likeness (QED) is 0.186. The maximum absolute atomic E-state index is 11.5. The van der Waals surface area contributed by atoms with Crippen LogP contribution in [-0.2, 0) is 19.2 Å². The van der Waals surface area contributed by atoms with E-state index in [0.717, 1.165) is 6.20 Å². The first-order valence-corrected chi connectivity index (χ1v) is 7.15. The molecule has 1 aromatic heterocycles. The molecule has 2 N–H and O–H groups in total. The van der Waals surface area contributed by atoms with Crippen LogP contribution in [-0.4, -0.2) is 34.3 Å². The molecule has 10 nitrogen and oxygen atoms in total. The molecule has 1 aromatic rings. The Kier molecular flexibility index (Phi) is 7.27. The second-order valence-electron chi connectivity index (χ2n) is 4.71. The van der Waals surface area contributed by atoms with Gasteiger partial charge in [0.15, 0.2) is 5.84 Å². The molecule has 0 atom stereocenters. The van der Waals surface area contributed by atoms with Crippen molar-refractivity contribution in [2.45, 2.75) is 33.1 Å². The van der Waals surface area contributed by atoms with Crippen LogP contribution in [0.2, 0.25) is 0 Å². The third-order valence-electron chi connectivity index (χ3n) is 2.83. The first-order valence-electron chi connectivity index (χ1n) is 7.15. The Morgan fingerprint density at radius 2 is 2.04 bits per heavy atom. The van der Waals surface area contributed by atoms with E-state index < -0.39 is 10.9 Å². The van der Waals surface area contributed by atoms with Crippen LogP contribution >= 0.6 is 0 Å². The highest BCUT2D eigenvalue weighted by Crippen LogP contribution is 2.14. The number of nitro groups is 1. The average Bonchev–Trinajstić information content (AvgIpc) is 2.52. The molecule has 0 aliphatic heterocycles. The summed E-state index contributed by atoms with van der Waals surface area (Å²) in [5.74, 6) is -1.23. The van der Waals surface area contributed by atoms with Gasteiger partial charge in [-0.2, -0.15) is 0 Å². The van der Waals surface area contributed by atoms with Crippen LogP contribution in [0.15, 0.2) is 17.4 Å². The minimum Gasteiger partial charge on any atom is -0.466 e. The van der Waals surface area contributed by atoms with Gasteiger partial charge in [0.1, 0.15) is 11.9 Å². The minimum absolute atomic E-state index is 0.0255. The molecule has 1 rings (SSSR count). The van der Waals surface area contributed by atoms with Crippen LogP contribution in [0.5, 0.6) is 0 Å². The van der Waals surface area contributed by atoms with Gasteiger partial charge in [-0.25, -0.2) is 9.78 Å². The van der Waals surface area contributed by atoms with Crippen molar-refractivity contribution in [1.29, 1.82) is 0 Å². The monoisotopic (exact) mass is 338 g/mol. The molecule has 0 fully saturated rings. The standard InChI is InChI=1S/C14H18N4O6/c1-3-23-11(19)5-4-6-12(20)24-17-14(15)13-9(2)7-10(8-16-13)18(21)22/h7-8H,3-6H2,1-2H3,(H2,15,17).